The third kappa shape index (κ3) is 3.10. The van der Waals surface area contributed by atoms with Crippen molar-refractivity contribution in [2.75, 3.05) is 6.54 Å². The van der Waals surface area contributed by atoms with Crippen LogP contribution in [-0.2, 0) is 17.8 Å². The fourth-order valence-corrected chi connectivity index (χ4v) is 2.64. The summed E-state index contributed by atoms with van der Waals surface area (Å²) in [5.41, 5.74) is 2.38. The van der Waals surface area contributed by atoms with E-state index in [1.54, 1.807) is 6.08 Å². The van der Waals surface area contributed by atoms with Gasteiger partial charge in [-0.25, -0.2) is 0 Å². The van der Waals surface area contributed by atoms with Gasteiger partial charge in [-0.1, -0.05) is 30.3 Å². The van der Waals surface area contributed by atoms with Crippen molar-refractivity contribution in [2.45, 2.75) is 45.3 Å². The molecule has 3 nitrogen and oxygen atoms in total. The van der Waals surface area contributed by atoms with E-state index in [9.17, 15) is 4.79 Å². The van der Waals surface area contributed by atoms with E-state index in [0.717, 1.165) is 13.0 Å². The molecule has 1 atom stereocenters. The Kier molecular flexibility index (Phi) is 4.29. The molecule has 3 heteroatoms. The lowest BCUT2D eigenvalue weighted by atomic mass is 9.94. The van der Waals surface area contributed by atoms with Crippen molar-refractivity contribution in [3.8, 4) is 0 Å². The van der Waals surface area contributed by atoms with Gasteiger partial charge >= 0.3 is 0 Å². The Hall–Kier alpha value is -1.61. The molecule has 0 spiro atoms. The number of benzene rings is 1. The van der Waals surface area contributed by atoms with Crippen LogP contribution in [0.4, 0.5) is 0 Å². The highest BCUT2D eigenvalue weighted by molar-refractivity contribution is 5.83. The molecule has 0 unspecified atom stereocenters. The molecule has 1 N–H and O–H groups in total. The maximum Gasteiger partial charge on any atom is 0.240 e. The van der Waals surface area contributed by atoms with Gasteiger partial charge in [0.25, 0.3) is 0 Å². The van der Waals surface area contributed by atoms with E-state index in [1.165, 1.54) is 11.1 Å². The first-order chi connectivity index (χ1) is 9.43. The maximum atomic E-state index is 12.8. The Morgan fingerprint density at radius 1 is 1.40 bits per heavy atom. The Morgan fingerprint density at radius 2 is 2.05 bits per heavy atom. The summed E-state index contributed by atoms with van der Waals surface area (Å²) in [7, 11) is 0. The lowest BCUT2D eigenvalue weighted by Gasteiger charge is -2.38. The first-order valence-electron chi connectivity index (χ1n) is 7.16. The second-order valence-electron chi connectivity index (χ2n) is 6.31. The van der Waals surface area contributed by atoms with Crippen molar-refractivity contribution in [2.24, 2.45) is 0 Å². The lowest BCUT2D eigenvalue weighted by Crippen LogP contribution is -2.55. The summed E-state index contributed by atoms with van der Waals surface area (Å²) >= 11 is 0. The Balaban J connectivity index is 2.16. The molecule has 0 saturated heterocycles. The topological polar surface area (TPSA) is 32.3 Å². The first-order valence-corrected chi connectivity index (χ1v) is 7.16. The molecule has 0 aliphatic carbocycles. The number of rotatable bonds is 3. The SMILES string of the molecule is C=CCN(C(=O)[C@@H]1Cc2ccccc2CN1)C(C)(C)C. The number of nitrogens with zero attached hydrogens (tertiary/aromatic N) is 1. The van der Waals surface area contributed by atoms with Crippen LogP contribution in [0.1, 0.15) is 31.9 Å². The van der Waals surface area contributed by atoms with E-state index >= 15 is 0 Å². The number of fused-ring (bicyclic) bond motifs is 1. The Bertz CT molecular complexity index is 502. The van der Waals surface area contributed by atoms with Crippen molar-refractivity contribution in [3.05, 3.63) is 48.0 Å². The van der Waals surface area contributed by atoms with Crippen LogP contribution in [0.25, 0.3) is 0 Å². The zero-order chi connectivity index (χ0) is 14.8. The second-order valence-corrected chi connectivity index (χ2v) is 6.31. The number of hydrogen-bond acceptors (Lipinski definition) is 2. The molecule has 108 valence electrons. The van der Waals surface area contributed by atoms with Gasteiger partial charge in [0.15, 0.2) is 0 Å². The van der Waals surface area contributed by atoms with E-state index in [-0.39, 0.29) is 17.5 Å². The molecule has 1 heterocycles. The van der Waals surface area contributed by atoms with Gasteiger partial charge < -0.3 is 10.2 Å². The number of amides is 1. The van der Waals surface area contributed by atoms with E-state index < -0.39 is 0 Å². The molecule has 2 rings (SSSR count). The monoisotopic (exact) mass is 272 g/mol. The number of carbonyl (C=O) groups is 1. The van der Waals surface area contributed by atoms with Crippen molar-refractivity contribution in [3.63, 3.8) is 0 Å². The van der Waals surface area contributed by atoms with E-state index in [4.69, 9.17) is 0 Å². The highest BCUT2D eigenvalue weighted by atomic mass is 16.2. The van der Waals surface area contributed by atoms with Crippen LogP contribution in [0.15, 0.2) is 36.9 Å². The van der Waals surface area contributed by atoms with Gasteiger partial charge in [-0.2, -0.15) is 0 Å². The molecule has 1 aromatic rings. The highest BCUT2D eigenvalue weighted by Gasteiger charge is 2.32. The van der Waals surface area contributed by atoms with Gasteiger partial charge in [-0.15, -0.1) is 6.58 Å². The average molecular weight is 272 g/mol. The van der Waals surface area contributed by atoms with Crippen LogP contribution in [0, 0.1) is 0 Å². The molecule has 20 heavy (non-hydrogen) atoms. The first kappa shape index (κ1) is 14.8. The minimum Gasteiger partial charge on any atom is -0.333 e. The predicted molar refractivity (Wildman–Crippen MR) is 82.4 cm³/mol. The number of carbonyl (C=O) groups excluding carboxylic acids is 1. The zero-order valence-corrected chi connectivity index (χ0v) is 12.6. The second kappa shape index (κ2) is 5.80. The van der Waals surface area contributed by atoms with E-state index in [0.29, 0.717) is 6.54 Å². The van der Waals surface area contributed by atoms with Crippen LogP contribution in [0.5, 0.6) is 0 Å². The van der Waals surface area contributed by atoms with Gasteiger partial charge in [0.2, 0.25) is 5.91 Å². The van der Waals surface area contributed by atoms with Crippen molar-refractivity contribution in [1.82, 2.24) is 10.2 Å². The van der Waals surface area contributed by atoms with Crippen LogP contribution >= 0.6 is 0 Å². The predicted octanol–water partition coefficient (Wildman–Crippen LogP) is 2.51. The minimum atomic E-state index is -0.191. The molecule has 0 saturated carbocycles. The quantitative estimate of drug-likeness (QED) is 0.858. The van der Waals surface area contributed by atoms with E-state index in [2.05, 4.69) is 44.8 Å². The fourth-order valence-electron chi connectivity index (χ4n) is 2.64. The largest absolute Gasteiger partial charge is 0.333 e. The van der Waals surface area contributed by atoms with Crippen LogP contribution in [0.3, 0.4) is 0 Å². The molecule has 1 amide bonds. The fraction of sp³-hybridized carbons (Fsp3) is 0.471. The smallest absolute Gasteiger partial charge is 0.240 e. The third-order valence-corrected chi connectivity index (χ3v) is 3.77. The number of hydrogen-bond donors (Lipinski definition) is 1. The molecule has 0 fully saturated rings. The Labute approximate surface area is 121 Å². The van der Waals surface area contributed by atoms with Gasteiger partial charge in [0, 0.05) is 18.6 Å². The summed E-state index contributed by atoms with van der Waals surface area (Å²) in [6.07, 6.45) is 2.55. The molecule has 0 bridgehead atoms. The van der Waals surface area contributed by atoms with Gasteiger partial charge in [-0.05, 0) is 38.3 Å². The summed E-state index contributed by atoms with van der Waals surface area (Å²) in [4.78, 5) is 14.7. The molecule has 1 aromatic carbocycles. The van der Waals surface area contributed by atoms with Gasteiger partial charge in [-0.3, -0.25) is 4.79 Å². The maximum absolute atomic E-state index is 12.8. The van der Waals surface area contributed by atoms with Crippen LogP contribution < -0.4 is 5.32 Å². The molecule has 1 aliphatic rings. The molecular weight excluding hydrogens is 248 g/mol. The molecular formula is C17H24N2O. The van der Waals surface area contributed by atoms with Crippen LogP contribution in [-0.4, -0.2) is 28.9 Å². The van der Waals surface area contributed by atoms with Crippen molar-refractivity contribution >= 4 is 5.91 Å². The summed E-state index contributed by atoms with van der Waals surface area (Å²) in [5.74, 6) is 0.159. The zero-order valence-electron chi connectivity index (χ0n) is 12.6. The molecule has 0 aromatic heterocycles. The van der Waals surface area contributed by atoms with Crippen molar-refractivity contribution < 1.29 is 4.79 Å². The molecule has 0 radical (unpaired) electrons. The summed E-state index contributed by atoms with van der Waals surface area (Å²) in [5, 5.41) is 3.36. The Morgan fingerprint density at radius 3 is 2.65 bits per heavy atom. The van der Waals surface area contributed by atoms with Gasteiger partial charge in [0.1, 0.15) is 0 Å². The summed E-state index contributed by atoms with van der Waals surface area (Å²) < 4.78 is 0. The number of nitrogens with one attached hydrogen (secondary N) is 1. The summed E-state index contributed by atoms with van der Waals surface area (Å²) in [6, 6.07) is 8.18. The van der Waals surface area contributed by atoms with Gasteiger partial charge in [0.05, 0.1) is 6.04 Å². The average Bonchev–Trinajstić information content (AvgIpc) is 2.42. The minimum absolute atomic E-state index is 0.135. The third-order valence-electron chi connectivity index (χ3n) is 3.77. The standard InChI is InChI=1S/C17H24N2O/c1-5-10-19(17(2,3)4)16(20)15-11-13-8-6-7-9-14(13)12-18-15/h5-9,15,18H,1,10-12H2,2-4H3/t15-/m0/s1. The molecule has 1 aliphatic heterocycles. The summed E-state index contributed by atoms with van der Waals surface area (Å²) in [6.45, 7) is 11.3. The lowest BCUT2D eigenvalue weighted by molar-refractivity contribution is -0.137. The normalized spacial score (nSPS) is 18.2. The van der Waals surface area contributed by atoms with Crippen molar-refractivity contribution in [1.29, 1.82) is 0 Å². The van der Waals surface area contributed by atoms with Crippen LogP contribution in [0.2, 0.25) is 0 Å². The van der Waals surface area contributed by atoms with E-state index in [1.807, 2.05) is 17.0 Å². The highest BCUT2D eigenvalue weighted by Crippen LogP contribution is 2.20.